The monoisotopic (exact) mass is 317 g/mol. The van der Waals surface area contributed by atoms with Crippen molar-refractivity contribution in [2.75, 3.05) is 0 Å². The molecule has 0 bridgehead atoms. The maximum atomic E-state index is 12.2. The highest BCUT2D eigenvalue weighted by molar-refractivity contribution is 9.10. The van der Waals surface area contributed by atoms with E-state index < -0.39 is 0 Å². The summed E-state index contributed by atoms with van der Waals surface area (Å²) in [6, 6.07) is 6.80. The summed E-state index contributed by atoms with van der Waals surface area (Å²) in [5.74, 6) is -0.572. The maximum Gasteiger partial charge on any atom is 0.261 e. The van der Waals surface area contributed by atoms with Crippen molar-refractivity contribution in [1.82, 2.24) is 14.9 Å². The quantitative estimate of drug-likeness (QED) is 0.795. The van der Waals surface area contributed by atoms with Crippen molar-refractivity contribution in [2.45, 2.75) is 6.54 Å². The number of carbonyl (C=O) groups excluding carboxylic acids is 2. The highest BCUT2D eigenvalue weighted by atomic mass is 79.9. The average molecular weight is 318 g/mol. The summed E-state index contributed by atoms with van der Waals surface area (Å²) in [4.78, 5) is 33.5. The third kappa shape index (κ3) is 1.94. The number of fused-ring (bicyclic) bond motifs is 1. The molecule has 2 heterocycles. The lowest BCUT2D eigenvalue weighted by Gasteiger charge is -2.13. The van der Waals surface area contributed by atoms with Gasteiger partial charge in [-0.25, -0.2) is 9.97 Å². The number of hydrogen-bond acceptors (Lipinski definition) is 4. The van der Waals surface area contributed by atoms with Gasteiger partial charge in [-0.1, -0.05) is 12.1 Å². The van der Waals surface area contributed by atoms with Gasteiger partial charge in [-0.15, -0.1) is 0 Å². The SMILES string of the molecule is O=C1c2ccccc2C(=O)N1Cc1ncncc1Br. The highest BCUT2D eigenvalue weighted by Gasteiger charge is 2.35. The number of imide groups is 1. The van der Waals surface area contributed by atoms with Crippen molar-refractivity contribution < 1.29 is 9.59 Å². The Morgan fingerprint density at radius 1 is 1.11 bits per heavy atom. The Hall–Kier alpha value is -2.08. The number of rotatable bonds is 2. The number of benzene rings is 1. The van der Waals surface area contributed by atoms with Crippen LogP contribution < -0.4 is 0 Å². The molecule has 19 heavy (non-hydrogen) atoms. The Balaban J connectivity index is 1.95. The molecule has 1 aromatic carbocycles. The Morgan fingerprint density at radius 3 is 2.32 bits per heavy atom. The van der Waals surface area contributed by atoms with Crippen LogP contribution in [0.15, 0.2) is 41.3 Å². The van der Waals surface area contributed by atoms with Crippen LogP contribution >= 0.6 is 15.9 Å². The van der Waals surface area contributed by atoms with E-state index >= 15 is 0 Å². The molecule has 1 aromatic heterocycles. The Labute approximate surface area is 117 Å². The molecule has 2 amide bonds. The van der Waals surface area contributed by atoms with E-state index in [0.717, 1.165) is 0 Å². The summed E-state index contributed by atoms with van der Waals surface area (Å²) in [6.07, 6.45) is 2.97. The van der Waals surface area contributed by atoms with E-state index in [-0.39, 0.29) is 18.4 Å². The van der Waals surface area contributed by atoms with Crippen LogP contribution in [0.3, 0.4) is 0 Å². The van der Waals surface area contributed by atoms with E-state index in [1.807, 2.05) is 0 Å². The summed E-state index contributed by atoms with van der Waals surface area (Å²) in [5.41, 5.74) is 1.49. The zero-order valence-corrected chi connectivity index (χ0v) is 11.3. The van der Waals surface area contributed by atoms with Crippen LogP contribution in [0.2, 0.25) is 0 Å². The molecule has 1 aliphatic rings. The van der Waals surface area contributed by atoms with Crippen molar-refractivity contribution >= 4 is 27.7 Å². The molecule has 2 aromatic rings. The van der Waals surface area contributed by atoms with Gasteiger partial charge >= 0.3 is 0 Å². The number of halogens is 1. The van der Waals surface area contributed by atoms with Gasteiger partial charge in [0.25, 0.3) is 11.8 Å². The summed E-state index contributed by atoms with van der Waals surface area (Å²) in [5, 5.41) is 0. The molecule has 1 aliphatic heterocycles. The summed E-state index contributed by atoms with van der Waals surface area (Å²) >= 11 is 3.30. The number of carbonyl (C=O) groups is 2. The first-order valence-corrected chi connectivity index (χ1v) is 6.37. The molecule has 0 spiro atoms. The lowest BCUT2D eigenvalue weighted by molar-refractivity contribution is 0.0640. The fraction of sp³-hybridized carbons (Fsp3) is 0.0769. The third-order valence-corrected chi connectivity index (χ3v) is 3.59. The second-order valence-electron chi connectivity index (χ2n) is 4.06. The first-order chi connectivity index (χ1) is 9.18. The minimum Gasteiger partial charge on any atom is -0.269 e. The van der Waals surface area contributed by atoms with Crippen molar-refractivity contribution in [3.05, 3.63) is 58.1 Å². The van der Waals surface area contributed by atoms with Gasteiger partial charge in [-0.2, -0.15) is 0 Å². The molecule has 5 nitrogen and oxygen atoms in total. The maximum absolute atomic E-state index is 12.2. The highest BCUT2D eigenvalue weighted by Crippen LogP contribution is 2.25. The lowest BCUT2D eigenvalue weighted by atomic mass is 10.1. The molecule has 0 saturated heterocycles. The fourth-order valence-corrected chi connectivity index (χ4v) is 2.33. The predicted octanol–water partition coefficient (Wildman–Crippen LogP) is 2.04. The van der Waals surface area contributed by atoms with Crippen LogP contribution in [0, 0.1) is 0 Å². The smallest absolute Gasteiger partial charge is 0.261 e. The van der Waals surface area contributed by atoms with Gasteiger partial charge in [0.1, 0.15) is 6.33 Å². The molecule has 0 atom stereocenters. The molecule has 0 radical (unpaired) electrons. The van der Waals surface area contributed by atoms with Crippen LogP contribution in [-0.2, 0) is 6.54 Å². The van der Waals surface area contributed by atoms with E-state index in [1.54, 1.807) is 30.5 Å². The topological polar surface area (TPSA) is 63.2 Å². The normalized spacial score (nSPS) is 13.8. The summed E-state index contributed by atoms with van der Waals surface area (Å²) in [6.45, 7) is 0.134. The van der Waals surface area contributed by atoms with Crippen LogP contribution in [0.1, 0.15) is 26.4 Å². The van der Waals surface area contributed by atoms with Gasteiger partial charge in [0.2, 0.25) is 0 Å². The Kier molecular flexibility index (Phi) is 2.87. The molecular formula is C13H8BrN3O2. The zero-order chi connectivity index (χ0) is 13.4. The van der Waals surface area contributed by atoms with Crippen LogP contribution in [0.4, 0.5) is 0 Å². The average Bonchev–Trinajstić information content (AvgIpc) is 2.67. The number of amides is 2. The molecule has 0 aliphatic carbocycles. The van der Waals surface area contributed by atoms with E-state index in [0.29, 0.717) is 21.3 Å². The van der Waals surface area contributed by atoms with Crippen molar-refractivity contribution in [3.8, 4) is 0 Å². The van der Waals surface area contributed by atoms with Gasteiger partial charge in [0.05, 0.1) is 27.8 Å². The number of hydrogen-bond donors (Lipinski definition) is 0. The van der Waals surface area contributed by atoms with Crippen LogP contribution in [0.25, 0.3) is 0 Å². The van der Waals surface area contributed by atoms with Gasteiger partial charge in [0, 0.05) is 6.20 Å². The first kappa shape index (κ1) is 12.0. The first-order valence-electron chi connectivity index (χ1n) is 5.58. The van der Waals surface area contributed by atoms with Gasteiger partial charge in [0.15, 0.2) is 0 Å². The number of nitrogens with zero attached hydrogens (tertiary/aromatic N) is 3. The van der Waals surface area contributed by atoms with Crippen LogP contribution in [0.5, 0.6) is 0 Å². The zero-order valence-electron chi connectivity index (χ0n) is 9.71. The van der Waals surface area contributed by atoms with E-state index in [9.17, 15) is 9.59 Å². The van der Waals surface area contributed by atoms with Crippen LogP contribution in [-0.4, -0.2) is 26.7 Å². The van der Waals surface area contributed by atoms with Gasteiger partial charge in [-0.3, -0.25) is 14.5 Å². The molecule has 94 valence electrons. The Bertz CT molecular complexity index is 652. The minimum atomic E-state index is -0.286. The molecule has 0 unspecified atom stereocenters. The van der Waals surface area contributed by atoms with E-state index in [1.165, 1.54) is 11.2 Å². The molecule has 3 rings (SSSR count). The standard InChI is InChI=1S/C13H8BrN3O2/c14-10-5-15-7-16-11(10)6-17-12(18)8-3-1-2-4-9(8)13(17)19/h1-5,7H,6H2. The summed E-state index contributed by atoms with van der Waals surface area (Å²) in [7, 11) is 0. The lowest BCUT2D eigenvalue weighted by Crippen LogP contribution is -2.29. The van der Waals surface area contributed by atoms with Crippen molar-refractivity contribution in [3.63, 3.8) is 0 Å². The molecule has 0 fully saturated rings. The molecule has 6 heteroatoms. The molecule has 0 saturated carbocycles. The van der Waals surface area contributed by atoms with Crippen molar-refractivity contribution in [2.24, 2.45) is 0 Å². The second kappa shape index (κ2) is 4.55. The molecular weight excluding hydrogens is 310 g/mol. The summed E-state index contributed by atoms with van der Waals surface area (Å²) < 4.78 is 0.673. The minimum absolute atomic E-state index is 0.134. The van der Waals surface area contributed by atoms with Gasteiger partial charge in [-0.05, 0) is 28.1 Å². The van der Waals surface area contributed by atoms with E-state index in [2.05, 4.69) is 25.9 Å². The molecule has 0 N–H and O–H groups in total. The van der Waals surface area contributed by atoms with Gasteiger partial charge < -0.3 is 0 Å². The number of aromatic nitrogens is 2. The second-order valence-corrected chi connectivity index (χ2v) is 4.91. The third-order valence-electron chi connectivity index (χ3n) is 2.93. The van der Waals surface area contributed by atoms with E-state index in [4.69, 9.17) is 0 Å². The van der Waals surface area contributed by atoms with Crippen molar-refractivity contribution in [1.29, 1.82) is 0 Å². The fourth-order valence-electron chi connectivity index (χ4n) is 1.99. The predicted molar refractivity (Wildman–Crippen MR) is 70.4 cm³/mol. The Morgan fingerprint density at radius 2 is 1.74 bits per heavy atom. The largest absolute Gasteiger partial charge is 0.269 e.